The van der Waals surface area contributed by atoms with Gasteiger partial charge in [-0.1, -0.05) is 12.1 Å². The molecule has 0 spiro atoms. The predicted octanol–water partition coefficient (Wildman–Crippen LogP) is 3.49. The molecular formula is C13H15BrF4N2. The van der Waals surface area contributed by atoms with E-state index < -0.39 is 24.5 Å². The van der Waals surface area contributed by atoms with Gasteiger partial charge in [0.25, 0.3) is 0 Å². The Hall–Kier alpha value is -0.660. The quantitative estimate of drug-likeness (QED) is 0.836. The summed E-state index contributed by atoms with van der Waals surface area (Å²) in [4.78, 5) is 1.69. The Kier molecular flexibility index (Phi) is 5.04. The first-order chi connectivity index (χ1) is 9.38. The predicted molar refractivity (Wildman–Crippen MR) is 72.0 cm³/mol. The lowest BCUT2D eigenvalue weighted by atomic mass is 10.00. The number of alkyl halides is 3. The molecule has 0 aliphatic carbocycles. The van der Waals surface area contributed by atoms with Gasteiger partial charge in [0, 0.05) is 37.8 Å². The van der Waals surface area contributed by atoms with Crippen LogP contribution in [0.3, 0.4) is 0 Å². The topological polar surface area (TPSA) is 15.3 Å². The summed E-state index contributed by atoms with van der Waals surface area (Å²) in [6.07, 6.45) is -5.37. The van der Waals surface area contributed by atoms with Crippen LogP contribution in [0.15, 0.2) is 22.7 Å². The molecule has 0 saturated carbocycles. The van der Waals surface area contributed by atoms with Crippen molar-refractivity contribution in [3.05, 3.63) is 34.1 Å². The lowest BCUT2D eigenvalue weighted by molar-refractivity contribution is -0.149. The van der Waals surface area contributed by atoms with Crippen molar-refractivity contribution in [3.8, 4) is 0 Å². The summed E-state index contributed by atoms with van der Waals surface area (Å²) in [5.74, 6) is -0.611. The van der Waals surface area contributed by atoms with Gasteiger partial charge in [-0.3, -0.25) is 4.90 Å². The van der Waals surface area contributed by atoms with Crippen molar-refractivity contribution in [2.24, 2.45) is 0 Å². The molecule has 1 aliphatic heterocycles. The van der Waals surface area contributed by atoms with Crippen LogP contribution >= 0.6 is 15.9 Å². The first kappa shape index (κ1) is 15.7. The normalized spacial score (nSPS) is 19.1. The zero-order valence-electron chi connectivity index (χ0n) is 10.7. The SMILES string of the molecule is Fc1c(Br)cccc1[C@H](CC(F)(F)F)N1CCNCC1. The standard InChI is InChI=1S/C13H15BrF4N2/c14-10-3-1-2-9(12(10)15)11(8-13(16,17)18)20-6-4-19-5-7-20/h1-3,11,19H,4-8H2/t11-/m0/s1. The third-order valence-corrected chi connectivity index (χ3v) is 3.97. The van der Waals surface area contributed by atoms with Crippen molar-refractivity contribution >= 4 is 15.9 Å². The third kappa shape index (κ3) is 3.93. The molecule has 0 amide bonds. The van der Waals surface area contributed by atoms with Crippen molar-refractivity contribution in [3.63, 3.8) is 0 Å². The fraction of sp³-hybridized carbons (Fsp3) is 0.538. The molecule has 1 aliphatic rings. The molecule has 1 aromatic rings. The molecule has 2 rings (SSSR count). The van der Waals surface area contributed by atoms with Crippen molar-refractivity contribution in [1.82, 2.24) is 10.2 Å². The summed E-state index contributed by atoms with van der Waals surface area (Å²) in [7, 11) is 0. The van der Waals surface area contributed by atoms with E-state index in [1.165, 1.54) is 12.1 Å². The number of benzene rings is 1. The zero-order chi connectivity index (χ0) is 14.8. The minimum absolute atomic E-state index is 0.0959. The summed E-state index contributed by atoms with van der Waals surface area (Å²) in [5, 5.41) is 3.08. The maximum atomic E-state index is 14.1. The summed E-state index contributed by atoms with van der Waals surface area (Å²) in [6.45, 7) is 2.19. The van der Waals surface area contributed by atoms with E-state index in [0.717, 1.165) is 0 Å². The maximum absolute atomic E-state index is 14.1. The molecule has 1 saturated heterocycles. The van der Waals surface area contributed by atoms with Gasteiger partial charge < -0.3 is 5.32 Å². The van der Waals surface area contributed by atoms with E-state index in [9.17, 15) is 17.6 Å². The minimum Gasteiger partial charge on any atom is -0.314 e. The Bertz CT molecular complexity index is 458. The van der Waals surface area contributed by atoms with Gasteiger partial charge in [0.05, 0.1) is 10.9 Å². The van der Waals surface area contributed by atoms with Crippen LogP contribution in [0.4, 0.5) is 17.6 Å². The second-order valence-corrected chi connectivity index (χ2v) is 5.62. The number of hydrogen-bond acceptors (Lipinski definition) is 2. The van der Waals surface area contributed by atoms with E-state index in [4.69, 9.17) is 0 Å². The van der Waals surface area contributed by atoms with E-state index >= 15 is 0 Å². The summed E-state index contributed by atoms with van der Waals surface area (Å²) >= 11 is 3.03. The fourth-order valence-corrected chi connectivity index (χ4v) is 2.81. The van der Waals surface area contributed by atoms with E-state index in [1.807, 2.05) is 0 Å². The van der Waals surface area contributed by atoms with E-state index in [-0.39, 0.29) is 10.0 Å². The van der Waals surface area contributed by atoms with Crippen LogP contribution in [0.1, 0.15) is 18.0 Å². The first-order valence-electron chi connectivity index (χ1n) is 6.34. The molecule has 20 heavy (non-hydrogen) atoms. The number of piperazine rings is 1. The molecule has 0 bridgehead atoms. The van der Waals surface area contributed by atoms with Crippen LogP contribution in [0, 0.1) is 5.82 Å². The van der Waals surface area contributed by atoms with Crippen molar-refractivity contribution < 1.29 is 17.6 Å². The Labute approximate surface area is 123 Å². The van der Waals surface area contributed by atoms with Crippen molar-refractivity contribution in [2.75, 3.05) is 26.2 Å². The number of rotatable bonds is 3. The first-order valence-corrected chi connectivity index (χ1v) is 7.13. The highest BCUT2D eigenvalue weighted by Gasteiger charge is 2.37. The molecule has 1 fully saturated rings. The van der Waals surface area contributed by atoms with E-state index in [2.05, 4.69) is 21.2 Å². The molecule has 1 atom stereocenters. The smallest absolute Gasteiger partial charge is 0.314 e. The Morgan fingerprint density at radius 3 is 2.50 bits per heavy atom. The monoisotopic (exact) mass is 354 g/mol. The van der Waals surface area contributed by atoms with Gasteiger partial charge in [0.15, 0.2) is 0 Å². The third-order valence-electron chi connectivity index (χ3n) is 3.36. The Balaban J connectivity index is 2.32. The van der Waals surface area contributed by atoms with Gasteiger partial charge in [-0.05, 0) is 22.0 Å². The van der Waals surface area contributed by atoms with Crippen LogP contribution in [-0.2, 0) is 0 Å². The van der Waals surface area contributed by atoms with Crippen LogP contribution in [0.5, 0.6) is 0 Å². The lowest BCUT2D eigenvalue weighted by Gasteiger charge is -2.35. The zero-order valence-corrected chi connectivity index (χ0v) is 12.3. The van der Waals surface area contributed by atoms with E-state index in [0.29, 0.717) is 26.2 Å². The van der Waals surface area contributed by atoms with Gasteiger partial charge in [-0.15, -0.1) is 0 Å². The number of hydrogen-bond donors (Lipinski definition) is 1. The molecule has 0 radical (unpaired) electrons. The fourth-order valence-electron chi connectivity index (χ4n) is 2.43. The minimum atomic E-state index is -4.33. The van der Waals surface area contributed by atoms with Crippen LogP contribution in [0.2, 0.25) is 0 Å². The summed E-state index contributed by atoms with van der Waals surface area (Å²) in [6, 6.07) is 3.50. The molecule has 112 valence electrons. The number of halogens is 5. The largest absolute Gasteiger partial charge is 0.390 e. The molecule has 0 unspecified atom stereocenters. The van der Waals surface area contributed by atoms with Gasteiger partial charge in [-0.2, -0.15) is 13.2 Å². The molecule has 1 N–H and O–H groups in total. The molecule has 1 aromatic carbocycles. The van der Waals surface area contributed by atoms with Gasteiger partial charge >= 0.3 is 6.18 Å². The molecule has 1 heterocycles. The summed E-state index contributed by atoms with van der Waals surface area (Å²) in [5.41, 5.74) is 0.0959. The van der Waals surface area contributed by atoms with Crippen LogP contribution in [0.25, 0.3) is 0 Å². The van der Waals surface area contributed by atoms with Crippen molar-refractivity contribution in [1.29, 1.82) is 0 Å². The molecular weight excluding hydrogens is 340 g/mol. The highest BCUT2D eigenvalue weighted by atomic mass is 79.9. The Morgan fingerprint density at radius 2 is 1.90 bits per heavy atom. The second kappa shape index (κ2) is 6.41. The maximum Gasteiger partial charge on any atom is 0.390 e. The van der Waals surface area contributed by atoms with Crippen LogP contribution < -0.4 is 5.32 Å². The molecule has 2 nitrogen and oxygen atoms in total. The molecule has 7 heteroatoms. The highest BCUT2D eigenvalue weighted by Crippen LogP contribution is 2.36. The van der Waals surface area contributed by atoms with Gasteiger partial charge in [0.1, 0.15) is 5.82 Å². The lowest BCUT2D eigenvalue weighted by Crippen LogP contribution is -2.46. The number of nitrogens with one attached hydrogen (secondary N) is 1. The molecule has 0 aromatic heterocycles. The second-order valence-electron chi connectivity index (χ2n) is 4.76. The van der Waals surface area contributed by atoms with Gasteiger partial charge in [0.2, 0.25) is 0 Å². The van der Waals surface area contributed by atoms with E-state index in [1.54, 1.807) is 11.0 Å². The van der Waals surface area contributed by atoms with Crippen LogP contribution in [-0.4, -0.2) is 37.3 Å². The highest BCUT2D eigenvalue weighted by molar-refractivity contribution is 9.10. The van der Waals surface area contributed by atoms with Gasteiger partial charge in [-0.25, -0.2) is 4.39 Å². The average Bonchev–Trinajstić information content (AvgIpc) is 2.40. The van der Waals surface area contributed by atoms with Crippen molar-refractivity contribution in [2.45, 2.75) is 18.6 Å². The Morgan fingerprint density at radius 1 is 1.25 bits per heavy atom. The summed E-state index contributed by atoms with van der Waals surface area (Å²) < 4.78 is 52.7. The number of nitrogens with zero attached hydrogens (tertiary/aromatic N) is 1. The average molecular weight is 355 g/mol.